The van der Waals surface area contributed by atoms with E-state index in [4.69, 9.17) is 29.1 Å². The predicted molar refractivity (Wildman–Crippen MR) is 82.5 cm³/mol. The van der Waals surface area contributed by atoms with Crippen molar-refractivity contribution in [2.45, 2.75) is 0 Å². The lowest BCUT2D eigenvalue weighted by molar-refractivity contribution is 1.48. The second-order valence-corrected chi connectivity index (χ2v) is 4.53. The van der Waals surface area contributed by atoms with E-state index in [1.807, 2.05) is 24.3 Å². The van der Waals surface area contributed by atoms with Crippen LogP contribution >= 0.6 is 23.8 Å². The molecule has 0 saturated heterocycles. The highest BCUT2D eigenvalue weighted by Crippen LogP contribution is 2.21. The standard InChI is InChI=1S/C14H10ClN3S/c15-11-6-2-4-8-13(11)18-14(19)17-12-7-3-1-5-10(12)9-16/h1-8H,(H2,17,18,19). The van der Waals surface area contributed by atoms with Crippen molar-refractivity contribution in [3.8, 4) is 6.07 Å². The number of hydrogen-bond donors (Lipinski definition) is 2. The van der Waals surface area contributed by atoms with E-state index in [9.17, 15) is 0 Å². The average molecular weight is 288 g/mol. The second-order valence-electron chi connectivity index (χ2n) is 3.72. The highest BCUT2D eigenvalue weighted by Gasteiger charge is 2.05. The molecule has 0 fully saturated rings. The number of rotatable bonds is 2. The van der Waals surface area contributed by atoms with Crippen LogP contribution < -0.4 is 10.6 Å². The van der Waals surface area contributed by atoms with Gasteiger partial charge in [0.1, 0.15) is 6.07 Å². The Balaban J connectivity index is 2.11. The molecule has 0 radical (unpaired) electrons. The van der Waals surface area contributed by atoms with Gasteiger partial charge in [0.05, 0.1) is 22.0 Å². The van der Waals surface area contributed by atoms with Crippen LogP contribution in [-0.4, -0.2) is 5.11 Å². The highest BCUT2D eigenvalue weighted by molar-refractivity contribution is 7.80. The summed E-state index contributed by atoms with van der Waals surface area (Å²) < 4.78 is 0. The van der Waals surface area contributed by atoms with Crippen molar-refractivity contribution in [2.75, 3.05) is 10.6 Å². The molecule has 0 aliphatic heterocycles. The van der Waals surface area contributed by atoms with Crippen LogP contribution in [0.4, 0.5) is 11.4 Å². The summed E-state index contributed by atoms with van der Waals surface area (Å²) in [7, 11) is 0. The Morgan fingerprint density at radius 2 is 1.58 bits per heavy atom. The van der Waals surface area contributed by atoms with Crippen molar-refractivity contribution in [1.29, 1.82) is 5.26 Å². The first kappa shape index (κ1) is 13.3. The van der Waals surface area contributed by atoms with Crippen LogP contribution in [0, 0.1) is 11.3 Å². The van der Waals surface area contributed by atoms with E-state index in [2.05, 4.69) is 16.7 Å². The molecule has 5 heteroatoms. The van der Waals surface area contributed by atoms with Gasteiger partial charge in [-0.15, -0.1) is 0 Å². The van der Waals surface area contributed by atoms with Gasteiger partial charge in [0.15, 0.2) is 5.11 Å². The number of thiocarbonyl (C=S) groups is 1. The van der Waals surface area contributed by atoms with Gasteiger partial charge in [-0.1, -0.05) is 35.9 Å². The maximum absolute atomic E-state index is 8.99. The third-order valence-electron chi connectivity index (χ3n) is 2.42. The summed E-state index contributed by atoms with van der Waals surface area (Å²) in [5.74, 6) is 0. The number of nitriles is 1. The molecule has 0 aliphatic carbocycles. The molecule has 0 heterocycles. The first-order chi connectivity index (χ1) is 9.20. The number of hydrogen-bond acceptors (Lipinski definition) is 2. The molecule has 3 nitrogen and oxygen atoms in total. The van der Waals surface area contributed by atoms with Crippen molar-refractivity contribution in [3.63, 3.8) is 0 Å². The number of para-hydroxylation sites is 2. The summed E-state index contributed by atoms with van der Waals surface area (Å²) in [6.45, 7) is 0. The first-order valence-electron chi connectivity index (χ1n) is 5.52. The number of benzene rings is 2. The minimum absolute atomic E-state index is 0.385. The molecule has 0 aliphatic rings. The second kappa shape index (κ2) is 6.19. The van der Waals surface area contributed by atoms with Crippen LogP contribution in [0.2, 0.25) is 5.02 Å². The zero-order valence-corrected chi connectivity index (χ0v) is 11.4. The molecule has 94 valence electrons. The van der Waals surface area contributed by atoms with Gasteiger partial charge in [0, 0.05) is 0 Å². The Hall–Kier alpha value is -2.09. The first-order valence-corrected chi connectivity index (χ1v) is 6.31. The molecular formula is C14H10ClN3S. The van der Waals surface area contributed by atoms with Crippen molar-refractivity contribution in [1.82, 2.24) is 0 Å². The number of anilines is 2. The zero-order valence-electron chi connectivity index (χ0n) is 9.85. The van der Waals surface area contributed by atoms with Crippen LogP contribution in [0.15, 0.2) is 48.5 Å². The van der Waals surface area contributed by atoms with Crippen molar-refractivity contribution < 1.29 is 0 Å². The van der Waals surface area contributed by atoms with Crippen LogP contribution in [0.5, 0.6) is 0 Å². The fraction of sp³-hybridized carbons (Fsp3) is 0. The largest absolute Gasteiger partial charge is 0.331 e. The third-order valence-corrected chi connectivity index (χ3v) is 2.95. The Bertz CT molecular complexity index is 649. The molecule has 0 atom stereocenters. The van der Waals surface area contributed by atoms with E-state index in [0.29, 0.717) is 21.4 Å². The quantitative estimate of drug-likeness (QED) is 0.819. The summed E-state index contributed by atoms with van der Waals surface area (Å²) in [6.07, 6.45) is 0. The van der Waals surface area contributed by atoms with Crippen LogP contribution in [0.1, 0.15) is 5.56 Å². The minimum atomic E-state index is 0.385. The van der Waals surface area contributed by atoms with Gasteiger partial charge in [0.2, 0.25) is 0 Å². The smallest absolute Gasteiger partial charge is 0.175 e. The van der Waals surface area contributed by atoms with E-state index < -0.39 is 0 Å². The molecule has 0 spiro atoms. The normalized spacial score (nSPS) is 9.47. The topological polar surface area (TPSA) is 47.9 Å². The molecule has 0 unspecified atom stereocenters. The van der Waals surface area contributed by atoms with Gasteiger partial charge in [-0.25, -0.2) is 0 Å². The maximum atomic E-state index is 8.99. The Kier molecular flexibility index (Phi) is 4.35. The van der Waals surface area contributed by atoms with Gasteiger partial charge in [-0.05, 0) is 36.5 Å². The van der Waals surface area contributed by atoms with Crippen molar-refractivity contribution in [3.05, 3.63) is 59.1 Å². The Morgan fingerprint density at radius 3 is 2.26 bits per heavy atom. The summed E-state index contributed by atoms with van der Waals surface area (Å²) in [6, 6.07) is 16.6. The molecule has 0 aromatic heterocycles. The number of nitrogens with one attached hydrogen (secondary N) is 2. The zero-order chi connectivity index (χ0) is 13.7. The Labute approximate surface area is 121 Å². The molecule has 2 aromatic rings. The SMILES string of the molecule is N#Cc1ccccc1NC(=S)Nc1ccccc1Cl. The number of halogens is 1. The molecule has 2 N–H and O–H groups in total. The molecular weight excluding hydrogens is 278 g/mol. The lowest BCUT2D eigenvalue weighted by Crippen LogP contribution is -2.19. The van der Waals surface area contributed by atoms with E-state index >= 15 is 0 Å². The van der Waals surface area contributed by atoms with Gasteiger partial charge >= 0.3 is 0 Å². The van der Waals surface area contributed by atoms with Gasteiger partial charge in [0.25, 0.3) is 0 Å². The molecule has 0 amide bonds. The minimum Gasteiger partial charge on any atom is -0.331 e. The maximum Gasteiger partial charge on any atom is 0.175 e. The fourth-order valence-corrected chi connectivity index (χ4v) is 1.93. The summed E-state index contributed by atoms with van der Waals surface area (Å²) in [5, 5.41) is 15.9. The van der Waals surface area contributed by atoms with Crippen LogP contribution in [0.25, 0.3) is 0 Å². The van der Waals surface area contributed by atoms with Crippen LogP contribution in [-0.2, 0) is 0 Å². The van der Waals surface area contributed by atoms with Gasteiger partial charge in [-0.2, -0.15) is 5.26 Å². The molecule has 19 heavy (non-hydrogen) atoms. The lowest BCUT2D eigenvalue weighted by Gasteiger charge is -2.12. The van der Waals surface area contributed by atoms with E-state index in [-0.39, 0.29) is 0 Å². The predicted octanol–water partition coefficient (Wildman–Crippen LogP) is 4.02. The van der Waals surface area contributed by atoms with E-state index in [0.717, 1.165) is 5.69 Å². The summed E-state index contributed by atoms with van der Waals surface area (Å²) >= 11 is 11.2. The average Bonchev–Trinajstić information content (AvgIpc) is 2.42. The van der Waals surface area contributed by atoms with Crippen LogP contribution in [0.3, 0.4) is 0 Å². The third kappa shape index (κ3) is 3.44. The van der Waals surface area contributed by atoms with Gasteiger partial charge < -0.3 is 10.6 Å². The van der Waals surface area contributed by atoms with Gasteiger partial charge in [-0.3, -0.25) is 0 Å². The summed E-state index contributed by atoms with van der Waals surface area (Å²) in [5.41, 5.74) is 1.91. The lowest BCUT2D eigenvalue weighted by atomic mass is 10.2. The Morgan fingerprint density at radius 1 is 1.00 bits per heavy atom. The summed E-state index contributed by atoms with van der Waals surface area (Å²) in [4.78, 5) is 0. The van der Waals surface area contributed by atoms with Crippen molar-refractivity contribution >= 4 is 40.3 Å². The molecule has 0 saturated carbocycles. The molecule has 2 rings (SSSR count). The highest BCUT2D eigenvalue weighted by atomic mass is 35.5. The van der Waals surface area contributed by atoms with Crippen molar-refractivity contribution in [2.24, 2.45) is 0 Å². The van der Waals surface area contributed by atoms with E-state index in [1.165, 1.54) is 0 Å². The van der Waals surface area contributed by atoms with E-state index in [1.54, 1.807) is 24.3 Å². The number of nitrogens with zero attached hydrogens (tertiary/aromatic N) is 1. The molecule has 2 aromatic carbocycles. The fourth-order valence-electron chi connectivity index (χ4n) is 1.53. The monoisotopic (exact) mass is 287 g/mol. The molecule has 0 bridgehead atoms.